The summed E-state index contributed by atoms with van der Waals surface area (Å²) in [5.41, 5.74) is 0. The van der Waals surface area contributed by atoms with Gasteiger partial charge in [0.15, 0.2) is 0 Å². The summed E-state index contributed by atoms with van der Waals surface area (Å²) in [6.45, 7) is 7.77. The number of hydrogen-bond acceptors (Lipinski definition) is 2. The molecule has 0 radical (unpaired) electrons. The predicted molar refractivity (Wildman–Crippen MR) is 67.3 cm³/mol. The summed E-state index contributed by atoms with van der Waals surface area (Å²) in [6, 6.07) is 0.550. The summed E-state index contributed by atoms with van der Waals surface area (Å²) >= 11 is 0. The highest BCUT2D eigenvalue weighted by atomic mass is 16.1. The molecule has 0 heterocycles. The zero-order chi connectivity index (χ0) is 12.0. The van der Waals surface area contributed by atoms with Crippen LogP contribution in [0.25, 0.3) is 0 Å². The Morgan fingerprint density at radius 3 is 2.75 bits per heavy atom. The van der Waals surface area contributed by atoms with E-state index in [1.165, 1.54) is 25.7 Å². The van der Waals surface area contributed by atoms with Gasteiger partial charge in [-0.1, -0.05) is 33.6 Å². The Hall–Kier alpha value is -0.570. The Morgan fingerprint density at radius 1 is 1.38 bits per heavy atom. The zero-order valence-electron chi connectivity index (χ0n) is 10.9. The molecule has 0 saturated heterocycles. The van der Waals surface area contributed by atoms with Gasteiger partial charge in [0.1, 0.15) is 0 Å². The lowest BCUT2D eigenvalue weighted by Gasteiger charge is -2.27. The summed E-state index contributed by atoms with van der Waals surface area (Å²) < 4.78 is 0. The van der Waals surface area contributed by atoms with Crippen molar-refractivity contribution in [1.82, 2.24) is 10.6 Å². The van der Waals surface area contributed by atoms with Crippen LogP contribution in [-0.2, 0) is 4.79 Å². The molecule has 1 rings (SSSR count). The highest BCUT2D eigenvalue weighted by Gasteiger charge is 2.18. The van der Waals surface area contributed by atoms with Crippen LogP contribution in [0.15, 0.2) is 0 Å². The van der Waals surface area contributed by atoms with Crippen molar-refractivity contribution in [1.29, 1.82) is 0 Å². The monoisotopic (exact) mass is 226 g/mol. The van der Waals surface area contributed by atoms with E-state index in [4.69, 9.17) is 0 Å². The van der Waals surface area contributed by atoms with Crippen LogP contribution in [0.3, 0.4) is 0 Å². The Labute approximate surface area is 99.4 Å². The first-order valence-corrected chi connectivity index (χ1v) is 6.58. The topological polar surface area (TPSA) is 41.1 Å². The van der Waals surface area contributed by atoms with Crippen LogP contribution in [0, 0.1) is 11.8 Å². The van der Waals surface area contributed by atoms with E-state index in [1.54, 1.807) is 0 Å². The van der Waals surface area contributed by atoms with Crippen LogP contribution in [0.1, 0.15) is 46.5 Å². The summed E-state index contributed by atoms with van der Waals surface area (Å²) in [5, 5.41) is 6.29. The number of rotatable bonds is 5. The van der Waals surface area contributed by atoms with Crippen molar-refractivity contribution < 1.29 is 4.79 Å². The second-order valence-corrected chi connectivity index (χ2v) is 5.55. The van der Waals surface area contributed by atoms with Gasteiger partial charge < -0.3 is 10.6 Å². The molecule has 3 heteroatoms. The molecule has 1 saturated carbocycles. The fourth-order valence-corrected chi connectivity index (χ4v) is 2.24. The predicted octanol–water partition coefficient (Wildman–Crippen LogP) is 1.93. The van der Waals surface area contributed by atoms with E-state index in [2.05, 4.69) is 31.4 Å². The Bertz CT molecular complexity index is 216. The first-order valence-electron chi connectivity index (χ1n) is 6.58. The van der Waals surface area contributed by atoms with E-state index in [9.17, 15) is 4.79 Å². The average molecular weight is 226 g/mol. The lowest BCUT2D eigenvalue weighted by atomic mass is 9.87. The minimum Gasteiger partial charge on any atom is -0.355 e. The number of hydrogen-bond donors (Lipinski definition) is 2. The molecule has 0 aromatic heterocycles. The van der Waals surface area contributed by atoms with Gasteiger partial charge in [-0.2, -0.15) is 0 Å². The van der Waals surface area contributed by atoms with E-state index in [1.807, 2.05) is 0 Å². The van der Waals surface area contributed by atoms with Crippen molar-refractivity contribution in [3.8, 4) is 0 Å². The van der Waals surface area contributed by atoms with Crippen molar-refractivity contribution in [3.05, 3.63) is 0 Å². The summed E-state index contributed by atoms with van der Waals surface area (Å²) in [7, 11) is 0. The van der Waals surface area contributed by atoms with Crippen molar-refractivity contribution >= 4 is 5.91 Å². The van der Waals surface area contributed by atoms with Gasteiger partial charge in [0.25, 0.3) is 0 Å². The third-order valence-electron chi connectivity index (χ3n) is 3.20. The normalized spacial score (nSPS) is 25.8. The SMILES string of the molecule is CC(C)CNC(=O)CNC1CCCC(C)C1. The molecule has 0 aromatic rings. The van der Waals surface area contributed by atoms with E-state index in [0.29, 0.717) is 18.5 Å². The maximum Gasteiger partial charge on any atom is 0.233 e. The molecule has 2 atom stereocenters. The van der Waals surface area contributed by atoms with Crippen LogP contribution in [0.2, 0.25) is 0 Å². The molecule has 0 spiro atoms. The summed E-state index contributed by atoms with van der Waals surface area (Å²) in [6.07, 6.45) is 5.09. The summed E-state index contributed by atoms with van der Waals surface area (Å²) in [4.78, 5) is 11.5. The van der Waals surface area contributed by atoms with Crippen molar-refractivity contribution in [2.75, 3.05) is 13.1 Å². The van der Waals surface area contributed by atoms with Gasteiger partial charge in [-0.05, 0) is 24.7 Å². The maximum absolute atomic E-state index is 11.5. The molecule has 0 bridgehead atoms. The lowest BCUT2D eigenvalue weighted by Crippen LogP contribution is -2.41. The molecule has 16 heavy (non-hydrogen) atoms. The molecule has 94 valence electrons. The first kappa shape index (κ1) is 13.5. The van der Waals surface area contributed by atoms with Crippen molar-refractivity contribution in [2.45, 2.75) is 52.5 Å². The number of carbonyl (C=O) groups excluding carboxylic acids is 1. The van der Waals surface area contributed by atoms with Crippen LogP contribution in [-0.4, -0.2) is 25.0 Å². The van der Waals surface area contributed by atoms with Crippen LogP contribution in [0.4, 0.5) is 0 Å². The second kappa shape index (κ2) is 6.89. The molecule has 2 unspecified atom stereocenters. The van der Waals surface area contributed by atoms with Gasteiger partial charge in [0, 0.05) is 12.6 Å². The number of amides is 1. The zero-order valence-corrected chi connectivity index (χ0v) is 10.9. The minimum atomic E-state index is 0.131. The smallest absolute Gasteiger partial charge is 0.233 e. The van der Waals surface area contributed by atoms with Gasteiger partial charge in [-0.3, -0.25) is 4.79 Å². The third kappa shape index (κ3) is 5.50. The van der Waals surface area contributed by atoms with Gasteiger partial charge in [0.2, 0.25) is 5.91 Å². The van der Waals surface area contributed by atoms with E-state index >= 15 is 0 Å². The van der Waals surface area contributed by atoms with E-state index in [-0.39, 0.29) is 5.91 Å². The Kier molecular flexibility index (Phi) is 5.81. The average Bonchev–Trinajstić information content (AvgIpc) is 2.23. The molecule has 1 aliphatic rings. The largest absolute Gasteiger partial charge is 0.355 e. The van der Waals surface area contributed by atoms with Crippen LogP contribution in [0.5, 0.6) is 0 Å². The molecule has 0 aliphatic heterocycles. The van der Waals surface area contributed by atoms with Crippen LogP contribution < -0.4 is 10.6 Å². The third-order valence-corrected chi connectivity index (χ3v) is 3.20. The fourth-order valence-electron chi connectivity index (χ4n) is 2.24. The van der Waals surface area contributed by atoms with Crippen LogP contribution >= 0.6 is 0 Å². The molecule has 3 nitrogen and oxygen atoms in total. The lowest BCUT2D eigenvalue weighted by molar-refractivity contribution is -0.120. The highest BCUT2D eigenvalue weighted by molar-refractivity contribution is 5.77. The fraction of sp³-hybridized carbons (Fsp3) is 0.923. The molecular weight excluding hydrogens is 200 g/mol. The van der Waals surface area contributed by atoms with Crippen molar-refractivity contribution in [2.24, 2.45) is 11.8 Å². The quantitative estimate of drug-likeness (QED) is 0.752. The molecule has 0 aromatic carbocycles. The molecular formula is C13H26N2O. The Morgan fingerprint density at radius 2 is 2.12 bits per heavy atom. The molecule has 2 N–H and O–H groups in total. The molecule has 1 aliphatic carbocycles. The highest BCUT2D eigenvalue weighted by Crippen LogP contribution is 2.23. The standard InChI is InChI=1S/C13H26N2O/c1-10(2)8-15-13(16)9-14-12-6-4-5-11(3)7-12/h10-12,14H,4-9H2,1-3H3,(H,15,16). The van der Waals surface area contributed by atoms with Gasteiger partial charge in [-0.15, -0.1) is 0 Å². The summed E-state index contributed by atoms with van der Waals surface area (Å²) in [5.74, 6) is 1.47. The van der Waals surface area contributed by atoms with Crippen molar-refractivity contribution in [3.63, 3.8) is 0 Å². The van der Waals surface area contributed by atoms with Gasteiger partial charge in [-0.25, -0.2) is 0 Å². The minimum absolute atomic E-state index is 0.131. The second-order valence-electron chi connectivity index (χ2n) is 5.55. The van der Waals surface area contributed by atoms with E-state index < -0.39 is 0 Å². The van der Waals surface area contributed by atoms with Gasteiger partial charge >= 0.3 is 0 Å². The Balaban J connectivity index is 2.11. The van der Waals surface area contributed by atoms with E-state index in [0.717, 1.165) is 12.5 Å². The maximum atomic E-state index is 11.5. The number of carbonyl (C=O) groups is 1. The molecule has 1 amide bonds. The van der Waals surface area contributed by atoms with Gasteiger partial charge in [0.05, 0.1) is 6.54 Å². The first-order chi connectivity index (χ1) is 7.58. The number of nitrogens with one attached hydrogen (secondary N) is 2. The molecule has 1 fully saturated rings.